The highest BCUT2D eigenvalue weighted by molar-refractivity contribution is 7.15. The van der Waals surface area contributed by atoms with Crippen molar-refractivity contribution in [2.24, 2.45) is 0 Å². The zero-order chi connectivity index (χ0) is 18.8. The largest absolute Gasteiger partial charge is 0.372 e. The first-order valence-electron chi connectivity index (χ1n) is 8.17. The summed E-state index contributed by atoms with van der Waals surface area (Å²) in [7, 11) is 3.47. The first-order valence-corrected chi connectivity index (χ1v) is 8.98. The van der Waals surface area contributed by atoms with Gasteiger partial charge in [-0.1, -0.05) is 11.3 Å². The minimum atomic E-state index is -0.457. The Balaban J connectivity index is 1.72. The molecule has 0 radical (unpaired) electrons. The van der Waals surface area contributed by atoms with Gasteiger partial charge in [0.25, 0.3) is 11.6 Å². The minimum Gasteiger partial charge on any atom is -0.372 e. The number of hydrogen-bond acceptors (Lipinski definition) is 8. The van der Waals surface area contributed by atoms with Crippen molar-refractivity contribution < 1.29 is 9.72 Å². The van der Waals surface area contributed by atoms with Crippen LogP contribution in [0.3, 0.4) is 0 Å². The Morgan fingerprint density at radius 2 is 1.92 bits per heavy atom. The second kappa shape index (κ2) is 7.24. The van der Waals surface area contributed by atoms with Crippen LogP contribution in [0, 0.1) is 17.0 Å². The molecule has 1 fully saturated rings. The Bertz CT molecular complexity index is 829. The summed E-state index contributed by atoms with van der Waals surface area (Å²) in [6.07, 6.45) is 0. The number of aromatic nitrogens is 2. The van der Waals surface area contributed by atoms with E-state index in [4.69, 9.17) is 0 Å². The highest BCUT2D eigenvalue weighted by Crippen LogP contribution is 2.28. The number of carbonyl (C=O) groups excluding carboxylic acids is 1. The van der Waals surface area contributed by atoms with Gasteiger partial charge in [-0.2, -0.15) is 0 Å². The van der Waals surface area contributed by atoms with E-state index in [-0.39, 0.29) is 11.6 Å². The Morgan fingerprint density at radius 1 is 1.23 bits per heavy atom. The third-order valence-corrected chi connectivity index (χ3v) is 5.15. The maximum Gasteiger partial charge on any atom is 0.293 e. The van der Waals surface area contributed by atoms with Crippen molar-refractivity contribution in [3.8, 4) is 0 Å². The summed E-state index contributed by atoms with van der Waals surface area (Å²) >= 11 is 1.53. The van der Waals surface area contributed by atoms with Gasteiger partial charge >= 0.3 is 0 Å². The molecule has 1 aliphatic rings. The second-order valence-corrected chi connectivity index (χ2v) is 7.40. The van der Waals surface area contributed by atoms with E-state index in [1.54, 1.807) is 36.0 Å². The Labute approximate surface area is 155 Å². The van der Waals surface area contributed by atoms with Crippen LogP contribution in [0.5, 0.6) is 0 Å². The summed E-state index contributed by atoms with van der Waals surface area (Å²) in [5, 5.41) is 21.2. The molecule has 1 amide bonds. The van der Waals surface area contributed by atoms with Crippen molar-refractivity contribution in [3.63, 3.8) is 0 Å². The van der Waals surface area contributed by atoms with Gasteiger partial charge in [0.15, 0.2) is 0 Å². The lowest BCUT2D eigenvalue weighted by atomic mass is 10.1. The third kappa shape index (κ3) is 3.59. The Kier molecular flexibility index (Phi) is 5.03. The van der Waals surface area contributed by atoms with Crippen molar-refractivity contribution in [1.82, 2.24) is 15.1 Å². The van der Waals surface area contributed by atoms with Crippen LogP contribution in [-0.2, 0) is 0 Å². The molecular formula is C16H20N6O3S. The maximum atomic E-state index is 12.7. The number of nitro groups is 1. The molecule has 0 saturated carbocycles. The van der Waals surface area contributed by atoms with Crippen LogP contribution >= 0.6 is 11.3 Å². The van der Waals surface area contributed by atoms with E-state index in [2.05, 4.69) is 15.1 Å². The molecule has 9 nitrogen and oxygen atoms in total. The van der Waals surface area contributed by atoms with E-state index in [1.165, 1.54) is 17.4 Å². The van der Waals surface area contributed by atoms with Gasteiger partial charge < -0.3 is 14.7 Å². The number of benzene rings is 1. The molecule has 0 unspecified atom stereocenters. The smallest absolute Gasteiger partial charge is 0.293 e. The SMILES string of the molecule is Cc1nnc(N2CCN(C(=O)c3ccc(N(C)C)c([N+](=O)[O-])c3)CC2)s1. The highest BCUT2D eigenvalue weighted by Gasteiger charge is 2.26. The molecule has 2 heterocycles. The van der Waals surface area contributed by atoms with Crippen LogP contribution in [0.15, 0.2) is 18.2 Å². The fraction of sp³-hybridized carbons (Fsp3) is 0.438. The molecule has 0 spiro atoms. The number of nitrogens with zero attached hydrogens (tertiary/aromatic N) is 6. The van der Waals surface area contributed by atoms with Gasteiger partial charge in [0.05, 0.1) is 4.92 Å². The lowest BCUT2D eigenvalue weighted by molar-refractivity contribution is -0.384. The molecule has 0 aliphatic carbocycles. The predicted molar refractivity (Wildman–Crippen MR) is 100 cm³/mol. The van der Waals surface area contributed by atoms with Gasteiger partial charge in [0.1, 0.15) is 10.7 Å². The molecule has 138 valence electrons. The molecule has 10 heteroatoms. The van der Waals surface area contributed by atoms with Crippen molar-refractivity contribution >= 4 is 33.8 Å². The fourth-order valence-corrected chi connectivity index (χ4v) is 3.62. The minimum absolute atomic E-state index is 0.0659. The Morgan fingerprint density at radius 3 is 2.46 bits per heavy atom. The summed E-state index contributed by atoms with van der Waals surface area (Å²) in [6.45, 7) is 4.32. The van der Waals surface area contributed by atoms with E-state index in [0.29, 0.717) is 37.4 Å². The number of carbonyl (C=O) groups is 1. The molecule has 0 bridgehead atoms. The summed E-state index contributed by atoms with van der Waals surface area (Å²) in [5.41, 5.74) is 0.745. The number of nitro benzene ring substituents is 1. The van der Waals surface area contributed by atoms with Crippen LogP contribution < -0.4 is 9.80 Å². The van der Waals surface area contributed by atoms with Crippen LogP contribution in [0.2, 0.25) is 0 Å². The summed E-state index contributed by atoms with van der Waals surface area (Å²) in [4.78, 5) is 29.1. The van der Waals surface area contributed by atoms with Gasteiger partial charge in [0.2, 0.25) is 5.13 Å². The monoisotopic (exact) mass is 376 g/mol. The average Bonchev–Trinajstić information content (AvgIpc) is 3.07. The molecule has 1 saturated heterocycles. The molecule has 3 rings (SSSR count). The second-order valence-electron chi connectivity index (χ2n) is 6.24. The number of piperazine rings is 1. The molecule has 0 N–H and O–H groups in total. The first kappa shape index (κ1) is 18.1. The van der Waals surface area contributed by atoms with E-state index in [9.17, 15) is 14.9 Å². The molecule has 26 heavy (non-hydrogen) atoms. The maximum absolute atomic E-state index is 12.7. The molecule has 1 aromatic carbocycles. The van der Waals surface area contributed by atoms with E-state index in [1.807, 2.05) is 6.92 Å². The number of rotatable bonds is 4. The number of hydrogen-bond donors (Lipinski definition) is 0. The topological polar surface area (TPSA) is 95.7 Å². The quantitative estimate of drug-likeness (QED) is 0.593. The lowest BCUT2D eigenvalue weighted by Gasteiger charge is -2.34. The van der Waals surface area contributed by atoms with Crippen LogP contribution in [0.1, 0.15) is 15.4 Å². The molecule has 2 aromatic rings. The van der Waals surface area contributed by atoms with E-state index in [0.717, 1.165) is 10.1 Å². The zero-order valence-corrected chi connectivity index (χ0v) is 15.7. The van der Waals surface area contributed by atoms with Crippen LogP contribution in [0.25, 0.3) is 0 Å². The highest BCUT2D eigenvalue weighted by atomic mass is 32.1. The number of aryl methyl sites for hydroxylation is 1. The summed E-state index contributed by atoms with van der Waals surface area (Å²) in [6, 6.07) is 4.62. The van der Waals surface area contributed by atoms with Crippen LogP contribution in [-0.4, -0.2) is 66.2 Å². The van der Waals surface area contributed by atoms with Crippen molar-refractivity contribution in [2.45, 2.75) is 6.92 Å². The van der Waals surface area contributed by atoms with Gasteiger partial charge in [0, 0.05) is 51.9 Å². The van der Waals surface area contributed by atoms with Crippen molar-refractivity contribution in [2.75, 3.05) is 50.1 Å². The van der Waals surface area contributed by atoms with Crippen molar-refractivity contribution in [1.29, 1.82) is 0 Å². The summed E-state index contributed by atoms with van der Waals surface area (Å²) < 4.78 is 0. The predicted octanol–water partition coefficient (Wildman–Crippen LogP) is 1.78. The fourth-order valence-electron chi connectivity index (χ4n) is 2.88. The summed E-state index contributed by atoms with van der Waals surface area (Å²) in [5.74, 6) is -0.188. The van der Waals surface area contributed by atoms with E-state index < -0.39 is 4.92 Å². The third-order valence-electron chi connectivity index (χ3n) is 4.25. The molecule has 1 aromatic heterocycles. The normalized spacial score (nSPS) is 14.4. The zero-order valence-electron chi connectivity index (χ0n) is 14.9. The number of amides is 1. The molecule has 0 atom stereocenters. The number of anilines is 2. The lowest BCUT2D eigenvalue weighted by Crippen LogP contribution is -2.48. The van der Waals surface area contributed by atoms with Gasteiger partial charge in [-0.3, -0.25) is 14.9 Å². The standard InChI is InChI=1S/C16H20N6O3S/c1-11-17-18-16(26-11)21-8-6-20(7-9-21)15(23)12-4-5-13(19(2)3)14(10-12)22(24)25/h4-5,10H,6-9H2,1-3H3. The Hall–Kier alpha value is -2.75. The van der Waals surface area contributed by atoms with Gasteiger partial charge in [-0.25, -0.2) is 0 Å². The van der Waals surface area contributed by atoms with Gasteiger partial charge in [-0.05, 0) is 19.1 Å². The van der Waals surface area contributed by atoms with Crippen molar-refractivity contribution in [3.05, 3.63) is 38.9 Å². The average molecular weight is 376 g/mol. The first-order chi connectivity index (χ1) is 12.4. The molecule has 1 aliphatic heterocycles. The van der Waals surface area contributed by atoms with Crippen LogP contribution in [0.4, 0.5) is 16.5 Å². The molecular weight excluding hydrogens is 356 g/mol. The van der Waals surface area contributed by atoms with Gasteiger partial charge in [-0.15, -0.1) is 10.2 Å². The van der Waals surface area contributed by atoms with E-state index >= 15 is 0 Å².